The number of hydrogen-bond acceptors (Lipinski definition) is 7. The number of aliphatic imine (C=N–C) groups is 1. The molecule has 10 nitrogen and oxygen atoms in total. The van der Waals surface area contributed by atoms with Crippen molar-refractivity contribution in [2.45, 2.75) is 38.0 Å². The smallest absolute Gasteiger partial charge is 0.266 e. The molecule has 0 aliphatic carbocycles. The summed E-state index contributed by atoms with van der Waals surface area (Å²) in [5, 5.41) is 13.0. The number of halogens is 1. The summed E-state index contributed by atoms with van der Waals surface area (Å²) in [6.07, 6.45) is -0.246. The van der Waals surface area contributed by atoms with Crippen LogP contribution in [0, 0.1) is 6.92 Å². The monoisotopic (exact) mass is 668 g/mol. The number of rotatable bonds is 13. The Balaban J connectivity index is 1.57. The van der Waals surface area contributed by atoms with Crippen molar-refractivity contribution in [3.05, 3.63) is 140 Å². The quantitative estimate of drug-likeness (QED) is 0.0473. The molecule has 0 unspecified atom stereocenters. The van der Waals surface area contributed by atoms with Crippen LogP contribution >= 0.6 is 15.9 Å². The van der Waals surface area contributed by atoms with Crippen LogP contribution in [-0.2, 0) is 22.5 Å². The molecule has 5 rings (SSSR count). The highest BCUT2D eigenvalue weighted by molar-refractivity contribution is 9.10. The highest BCUT2D eigenvalue weighted by Gasteiger charge is 2.54. The minimum atomic E-state index is -1.50. The van der Waals surface area contributed by atoms with E-state index in [0.29, 0.717) is 42.1 Å². The fraction of sp³-hybridized carbons (Fsp3) is 0.235. The number of carbonyl (C=O) groups excluding carboxylic acids is 1. The molecule has 230 valence electrons. The standard InChI is InChI=1S/C34H33BrN6O4/c1-23-8-6-9-24(20-23)22-37-40-33(43)34(21-26-10-2-4-12-29(26)35)31(28-11-3-5-13-30(28)39-41-36)45-32(38-34)25-14-16-27(17-15-25)44-19-7-18-42/h2-6,8-17,20,31,37,42H,7,18-19,21-22H2,1H3,(H,40,43)/t31-,34-/m0/s1. The van der Waals surface area contributed by atoms with E-state index in [1.807, 2.05) is 73.7 Å². The van der Waals surface area contributed by atoms with Gasteiger partial charge < -0.3 is 14.6 Å². The van der Waals surface area contributed by atoms with Gasteiger partial charge in [-0.3, -0.25) is 10.2 Å². The summed E-state index contributed by atoms with van der Waals surface area (Å²) in [5.74, 6) is 0.484. The Morgan fingerprint density at radius 3 is 2.62 bits per heavy atom. The normalized spacial score (nSPS) is 17.1. The fourth-order valence-corrected chi connectivity index (χ4v) is 5.62. The van der Waals surface area contributed by atoms with Crippen LogP contribution < -0.4 is 15.6 Å². The average molecular weight is 670 g/mol. The minimum absolute atomic E-state index is 0.0446. The summed E-state index contributed by atoms with van der Waals surface area (Å²) in [4.78, 5) is 22.5. The Morgan fingerprint density at radius 2 is 1.87 bits per heavy atom. The lowest BCUT2D eigenvalue weighted by Gasteiger charge is -2.31. The van der Waals surface area contributed by atoms with Gasteiger partial charge in [0.15, 0.2) is 11.6 Å². The van der Waals surface area contributed by atoms with Crippen LogP contribution in [-0.4, -0.2) is 35.7 Å². The van der Waals surface area contributed by atoms with Crippen LogP contribution in [0.1, 0.15) is 40.3 Å². The van der Waals surface area contributed by atoms with E-state index in [1.165, 1.54) is 0 Å². The molecule has 4 aromatic rings. The van der Waals surface area contributed by atoms with E-state index in [4.69, 9.17) is 19.6 Å². The van der Waals surface area contributed by atoms with E-state index < -0.39 is 17.6 Å². The molecule has 3 N–H and O–H groups in total. The Kier molecular flexibility index (Phi) is 10.5. The van der Waals surface area contributed by atoms with Gasteiger partial charge in [0.1, 0.15) is 5.75 Å². The van der Waals surface area contributed by atoms with E-state index >= 15 is 0 Å². The fourth-order valence-electron chi connectivity index (χ4n) is 5.20. The van der Waals surface area contributed by atoms with Crippen molar-refractivity contribution in [1.29, 1.82) is 0 Å². The van der Waals surface area contributed by atoms with Crippen LogP contribution in [0.5, 0.6) is 5.75 Å². The Bertz CT molecular complexity index is 1720. The third-order valence-corrected chi connectivity index (χ3v) is 8.17. The van der Waals surface area contributed by atoms with E-state index in [-0.39, 0.29) is 18.9 Å². The molecular formula is C34H33BrN6O4. The summed E-state index contributed by atoms with van der Waals surface area (Å²) < 4.78 is 13.1. The van der Waals surface area contributed by atoms with Gasteiger partial charge in [0.05, 0.1) is 6.61 Å². The van der Waals surface area contributed by atoms with E-state index in [2.05, 4.69) is 36.8 Å². The molecule has 11 heteroatoms. The minimum Gasteiger partial charge on any atom is -0.494 e. The first-order valence-electron chi connectivity index (χ1n) is 14.5. The highest BCUT2D eigenvalue weighted by Crippen LogP contribution is 2.46. The largest absolute Gasteiger partial charge is 0.494 e. The van der Waals surface area contributed by atoms with Crippen molar-refractivity contribution >= 4 is 33.4 Å². The predicted octanol–water partition coefficient (Wildman–Crippen LogP) is 6.78. The number of aryl methyl sites for hydroxylation is 1. The predicted molar refractivity (Wildman–Crippen MR) is 176 cm³/mol. The summed E-state index contributed by atoms with van der Waals surface area (Å²) >= 11 is 3.64. The second-order valence-corrected chi connectivity index (χ2v) is 11.5. The molecule has 0 radical (unpaired) electrons. The summed E-state index contributed by atoms with van der Waals surface area (Å²) in [5.41, 5.74) is 18.3. The molecular weight excluding hydrogens is 636 g/mol. The van der Waals surface area contributed by atoms with E-state index in [0.717, 1.165) is 21.2 Å². The number of hydrazine groups is 1. The van der Waals surface area contributed by atoms with Crippen LogP contribution in [0.15, 0.2) is 112 Å². The zero-order valence-electron chi connectivity index (χ0n) is 24.7. The molecule has 1 aliphatic rings. The second kappa shape index (κ2) is 14.9. The molecule has 1 amide bonds. The maximum atomic E-state index is 14.5. The van der Waals surface area contributed by atoms with Crippen molar-refractivity contribution < 1.29 is 19.4 Å². The van der Waals surface area contributed by atoms with Crippen LogP contribution in [0.3, 0.4) is 0 Å². The van der Waals surface area contributed by atoms with Gasteiger partial charge in [-0.25, -0.2) is 10.4 Å². The zero-order valence-corrected chi connectivity index (χ0v) is 26.3. The topological polar surface area (TPSA) is 141 Å². The van der Waals surface area contributed by atoms with Crippen LogP contribution in [0.4, 0.5) is 5.69 Å². The lowest BCUT2D eigenvalue weighted by molar-refractivity contribution is -0.130. The Morgan fingerprint density at radius 1 is 1.09 bits per heavy atom. The van der Waals surface area contributed by atoms with Crippen molar-refractivity contribution in [3.8, 4) is 5.75 Å². The molecule has 0 bridgehead atoms. The second-order valence-electron chi connectivity index (χ2n) is 10.6. The number of azide groups is 1. The summed E-state index contributed by atoms with van der Waals surface area (Å²) in [7, 11) is 0. The van der Waals surface area contributed by atoms with Gasteiger partial charge in [0.25, 0.3) is 5.91 Å². The number of amides is 1. The molecule has 45 heavy (non-hydrogen) atoms. The van der Waals surface area contributed by atoms with Crippen LogP contribution in [0.2, 0.25) is 0 Å². The van der Waals surface area contributed by atoms with Gasteiger partial charge >= 0.3 is 0 Å². The van der Waals surface area contributed by atoms with E-state index in [9.17, 15) is 10.3 Å². The molecule has 0 spiro atoms. The number of nitrogens with zero attached hydrogens (tertiary/aromatic N) is 4. The van der Waals surface area contributed by atoms with Gasteiger partial charge in [0.2, 0.25) is 5.90 Å². The van der Waals surface area contributed by atoms with Crippen molar-refractivity contribution in [1.82, 2.24) is 10.9 Å². The Labute approximate surface area is 269 Å². The first-order chi connectivity index (χ1) is 21.9. The van der Waals surface area contributed by atoms with Gasteiger partial charge in [0, 0.05) is 52.2 Å². The van der Waals surface area contributed by atoms with E-state index in [1.54, 1.807) is 30.3 Å². The molecule has 2 atom stereocenters. The van der Waals surface area contributed by atoms with Crippen molar-refractivity contribution in [2.24, 2.45) is 10.1 Å². The lowest BCUT2D eigenvalue weighted by atomic mass is 9.81. The number of ether oxygens (including phenoxy) is 2. The van der Waals surface area contributed by atoms with Gasteiger partial charge in [-0.05, 0) is 53.9 Å². The molecule has 0 aromatic heterocycles. The number of hydrogen-bond donors (Lipinski definition) is 3. The Hall–Kier alpha value is -4.67. The number of carbonyl (C=O) groups is 1. The third kappa shape index (κ3) is 7.53. The molecule has 4 aromatic carbocycles. The van der Waals surface area contributed by atoms with Crippen molar-refractivity contribution in [2.75, 3.05) is 13.2 Å². The SMILES string of the molecule is Cc1cccc(CNNC(=O)[C@@]2(Cc3ccccc3Br)N=C(c3ccc(OCCCO)cc3)O[C@H]2c2ccccc2N=[N+]=[N-])c1. The molecule has 0 fully saturated rings. The maximum absolute atomic E-state index is 14.5. The van der Waals surface area contributed by atoms with Gasteiger partial charge in [-0.2, -0.15) is 0 Å². The van der Waals surface area contributed by atoms with Gasteiger partial charge in [-0.15, -0.1) is 0 Å². The molecule has 1 aliphatic heterocycles. The number of benzene rings is 4. The first-order valence-corrected chi connectivity index (χ1v) is 15.3. The van der Waals surface area contributed by atoms with Crippen molar-refractivity contribution in [3.63, 3.8) is 0 Å². The summed E-state index contributed by atoms with van der Waals surface area (Å²) in [6.45, 7) is 2.84. The molecule has 1 heterocycles. The lowest BCUT2D eigenvalue weighted by Crippen LogP contribution is -2.53. The van der Waals surface area contributed by atoms with Gasteiger partial charge in [-0.1, -0.05) is 93.3 Å². The molecule has 0 saturated heterocycles. The highest BCUT2D eigenvalue weighted by atomic mass is 79.9. The zero-order chi connectivity index (χ0) is 31.6. The first kappa shape index (κ1) is 31.7. The number of aliphatic hydroxyl groups excluding tert-OH is 1. The third-order valence-electron chi connectivity index (χ3n) is 7.40. The molecule has 0 saturated carbocycles. The average Bonchev–Trinajstić information content (AvgIpc) is 3.43. The van der Waals surface area contributed by atoms with Crippen LogP contribution in [0.25, 0.3) is 10.4 Å². The maximum Gasteiger partial charge on any atom is 0.266 e. The summed E-state index contributed by atoms with van der Waals surface area (Å²) in [6, 6.07) is 29.9. The number of nitrogens with one attached hydrogen (secondary N) is 2. The number of aliphatic hydroxyl groups is 1.